The first-order valence-corrected chi connectivity index (χ1v) is 7.89. The van der Waals surface area contributed by atoms with Crippen LogP contribution < -0.4 is 10.1 Å². The largest absolute Gasteiger partial charge is 0.489 e. The van der Waals surface area contributed by atoms with Crippen molar-refractivity contribution in [1.82, 2.24) is 5.32 Å². The molecule has 0 aliphatic carbocycles. The standard InChI is InChI=1S/C15H22Cl3NO/c1-5-6-19-13(15(2,3)4)9-20-14-11(17)7-10(16)8-12(14)18/h7-8,13,19H,5-6,9H2,1-4H3. The van der Waals surface area contributed by atoms with Crippen molar-refractivity contribution in [2.24, 2.45) is 5.41 Å². The third-order valence-corrected chi connectivity index (χ3v) is 3.82. The lowest BCUT2D eigenvalue weighted by Crippen LogP contribution is -2.45. The SMILES string of the molecule is CCCNC(COc1c(Cl)cc(Cl)cc1Cl)C(C)(C)C. The first kappa shape index (κ1) is 17.9. The molecule has 20 heavy (non-hydrogen) atoms. The summed E-state index contributed by atoms with van der Waals surface area (Å²) in [6, 6.07) is 3.48. The fourth-order valence-corrected chi connectivity index (χ4v) is 2.69. The minimum absolute atomic E-state index is 0.0839. The van der Waals surface area contributed by atoms with E-state index in [2.05, 4.69) is 33.0 Å². The lowest BCUT2D eigenvalue weighted by atomic mass is 9.87. The number of ether oxygens (including phenoxy) is 1. The Morgan fingerprint density at radius 1 is 1.15 bits per heavy atom. The van der Waals surface area contributed by atoms with Crippen LogP contribution in [-0.4, -0.2) is 19.2 Å². The maximum absolute atomic E-state index is 6.12. The maximum Gasteiger partial charge on any atom is 0.156 e. The Kier molecular flexibility index (Phi) is 6.93. The zero-order valence-corrected chi connectivity index (χ0v) is 14.7. The molecule has 1 atom stereocenters. The van der Waals surface area contributed by atoms with Gasteiger partial charge in [0.05, 0.1) is 10.0 Å². The van der Waals surface area contributed by atoms with E-state index in [9.17, 15) is 0 Å². The molecule has 0 saturated carbocycles. The topological polar surface area (TPSA) is 21.3 Å². The smallest absolute Gasteiger partial charge is 0.156 e. The molecule has 1 aromatic rings. The summed E-state index contributed by atoms with van der Waals surface area (Å²) in [5.74, 6) is 0.491. The van der Waals surface area contributed by atoms with Gasteiger partial charge >= 0.3 is 0 Å². The number of halogens is 3. The van der Waals surface area contributed by atoms with E-state index in [1.54, 1.807) is 12.1 Å². The number of rotatable bonds is 6. The molecule has 5 heteroatoms. The van der Waals surface area contributed by atoms with Crippen LogP contribution in [0.1, 0.15) is 34.1 Å². The average Bonchev–Trinajstić information content (AvgIpc) is 2.29. The van der Waals surface area contributed by atoms with E-state index in [0.717, 1.165) is 13.0 Å². The Bertz CT molecular complexity index is 420. The molecule has 1 unspecified atom stereocenters. The van der Waals surface area contributed by atoms with Gasteiger partial charge in [0.2, 0.25) is 0 Å². The van der Waals surface area contributed by atoms with Crippen LogP contribution in [-0.2, 0) is 0 Å². The van der Waals surface area contributed by atoms with Crippen molar-refractivity contribution in [2.45, 2.75) is 40.2 Å². The van der Waals surface area contributed by atoms with E-state index in [4.69, 9.17) is 39.5 Å². The molecule has 0 fully saturated rings. The second-order valence-electron chi connectivity index (χ2n) is 5.88. The third kappa shape index (κ3) is 5.33. The van der Waals surface area contributed by atoms with Gasteiger partial charge < -0.3 is 10.1 Å². The summed E-state index contributed by atoms with van der Waals surface area (Å²) >= 11 is 18.1. The van der Waals surface area contributed by atoms with Gasteiger partial charge in [0, 0.05) is 11.1 Å². The van der Waals surface area contributed by atoms with Crippen molar-refractivity contribution in [3.05, 3.63) is 27.2 Å². The monoisotopic (exact) mass is 337 g/mol. The first-order valence-electron chi connectivity index (χ1n) is 6.76. The Morgan fingerprint density at radius 2 is 1.70 bits per heavy atom. The zero-order chi connectivity index (χ0) is 15.3. The molecule has 2 nitrogen and oxygen atoms in total. The first-order chi connectivity index (χ1) is 9.25. The molecule has 0 aliphatic rings. The summed E-state index contributed by atoms with van der Waals surface area (Å²) in [6.07, 6.45) is 1.08. The van der Waals surface area contributed by atoms with Gasteiger partial charge in [0.1, 0.15) is 6.61 Å². The maximum atomic E-state index is 6.12. The summed E-state index contributed by atoms with van der Waals surface area (Å²) in [5, 5.41) is 4.87. The van der Waals surface area contributed by atoms with Crippen molar-refractivity contribution < 1.29 is 4.74 Å². The highest BCUT2D eigenvalue weighted by Gasteiger charge is 2.25. The normalized spacial score (nSPS) is 13.3. The van der Waals surface area contributed by atoms with E-state index in [1.165, 1.54) is 0 Å². The van der Waals surface area contributed by atoms with Gasteiger partial charge in [-0.3, -0.25) is 0 Å². The van der Waals surface area contributed by atoms with Crippen LogP contribution in [0, 0.1) is 5.41 Å². The molecule has 0 heterocycles. The molecule has 0 bridgehead atoms. The van der Waals surface area contributed by atoms with Gasteiger partial charge in [-0.1, -0.05) is 62.5 Å². The van der Waals surface area contributed by atoms with Crippen molar-refractivity contribution >= 4 is 34.8 Å². The highest BCUT2D eigenvalue weighted by atomic mass is 35.5. The molecule has 0 saturated heterocycles. The molecule has 1 aromatic carbocycles. The molecular weight excluding hydrogens is 317 g/mol. The number of benzene rings is 1. The lowest BCUT2D eigenvalue weighted by molar-refractivity contribution is 0.174. The number of nitrogens with one attached hydrogen (secondary N) is 1. The van der Waals surface area contributed by atoms with Gasteiger partial charge in [0.15, 0.2) is 5.75 Å². The Morgan fingerprint density at radius 3 is 2.15 bits per heavy atom. The Hall–Kier alpha value is -0.150. The van der Waals surface area contributed by atoms with Gasteiger partial charge in [-0.25, -0.2) is 0 Å². The molecular formula is C15H22Cl3NO. The average molecular weight is 339 g/mol. The second-order valence-corrected chi connectivity index (χ2v) is 7.13. The van der Waals surface area contributed by atoms with Crippen LogP contribution in [0.3, 0.4) is 0 Å². The van der Waals surface area contributed by atoms with Crippen molar-refractivity contribution in [3.63, 3.8) is 0 Å². The van der Waals surface area contributed by atoms with Crippen molar-refractivity contribution in [2.75, 3.05) is 13.2 Å². The molecule has 1 N–H and O–H groups in total. The third-order valence-electron chi connectivity index (χ3n) is 3.04. The minimum Gasteiger partial charge on any atom is -0.489 e. The summed E-state index contributed by atoms with van der Waals surface area (Å²) in [5.41, 5.74) is 0.0839. The van der Waals surface area contributed by atoms with Crippen molar-refractivity contribution in [3.8, 4) is 5.75 Å². The fraction of sp³-hybridized carbons (Fsp3) is 0.600. The predicted octanol–water partition coefficient (Wildman–Crippen LogP) is 5.44. The number of hydrogen-bond donors (Lipinski definition) is 1. The zero-order valence-electron chi connectivity index (χ0n) is 12.4. The van der Waals surface area contributed by atoms with Gasteiger partial charge in [-0.15, -0.1) is 0 Å². The van der Waals surface area contributed by atoms with Crippen LogP contribution in [0.2, 0.25) is 15.1 Å². The Balaban J connectivity index is 2.77. The molecule has 0 aliphatic heterocycles. The summed E-state index contributed by atoms with van der Waals surface area (Å²) in [7, 11) is 0. The summed E-state index contributed by atoms with van der Waals surface area (Å²) in [6.45, 7) is 10.1. The second kappa shape index (κ2) is 7.74. The molecule has 1 rings (SSSR count). The molecule has 0 amide bonds. The number of hydrogen-bond acceptors (Lipinski definition) is 2. The summed E-state index contributed by atoms with van der Waals surface area (Å²) in [4.78, 5) is 0. The van der Waals surface area contributed by atoms with E-state index < -0.39 is 0 Å². The Labute approximate surface area is 136 Å². The molecule has 114 valence electrons. The molecule has 0 aromatic heterocycles. The highest BCUT2D eigenvalue weighted by molar-refractivity contribution is 6.40. The van der Waals surface area contributed by atoms with Crippen LogP contribution >= 0.6 is 34.8 Å². The van der Waals surface area contributed by atoms with E-state index >= 15 is 0 Å². The van der Waals surface area contributed by atoms with Gasteiger partial charge in [-0.05, 0) is 30.5 Å². The van der Waals surface area contributed by atoms with Crippen LogP contribution in [0.25, 0.3) is 0 Å². The lowest BCUT2D eigenvalue weighted by Gasteiger charge is -2.31. The molecule has 0 spiro atoms. The predicted molar refractivity (Wildman–Crippen MR) is 88.5 cm³/mol. The minimum atomic E-state index is 0.0839. The van der Waals surface area contributed by atoms with E-state index in [1.807, 2.05) is 0 Å². The van der Waals surface area contributed by atoms with E-state index in [0.29, 0.717) is 27.4 Å². The van der Waals surface area contributed by atoms with Gasteiger partial charge in [0.25, 0.3) is 0 Å². The van der Waals surface area contributed by atoms with Crippen LogP contribution in [0.4, 0.5) is 0 Å². The van der Waals surface area contributed by atoms with Crippen LogP contribution in [0.15, 0.2) is 12.1 Å². The summed E-state index contributed by atoms with van der Waals surface area (Å²) < 4.78 is 5.82. The fourth-order valence-electron chi connectivity index (χ4n) is 1.77. The van der Waals surface area contributed by atoms with Gasteiger partial charge in [-0.2, -0.15) is 0 Å². The van der Waals surface area contributed by atoms with E-state index in [-0.39, 0.29) is 11.5 Å². The van der Waals surface area contributed by atoms with Crippen molar-refractivity contribution in [1.29, 1.82) is 0 Å². The van der Waals surface area contributed by atoms with Crippen LogP contribution in [0.5, 0.6) is 5.75 Å². The molecule has 0 radical (unpaired) electrons. The highest BCUT2D eigenvalue weighted by Crippen LogP contribution is 2.36. The quantitative estimate of drug-likeness (QED) is 0.745.